The van der Waals surface area contributed by atoms with E-state index in [1.165, 1.54) is 155 Å². The van der Waals surface area contributed by atoms with Crippen molar-refractivity contribution in [3.8, 4) is 0 Å². The Kier molecular flexibility index (Phi) is 20.0. The van der Waals surface area contributed by atoms with Gasteiger partial charge in [0.05, 0.1) is 0 Å². The van der Waals surface area contributed by atoms with Crippen molar-refractivity contribution in [2.24, 2.45) is 0 Å². The number of unbranched alkanes of at least 4 members (excludes halogenated alkanes) is 11. The first kappa shape index (κ1) is 32.1. The molecule has 0 bridgehead atoms. The van der Waals surface area contributed by atoms with Crippen molar-refractivity contribution in [2.45, 2.75) is 123 Å². The molecule has 4 nitrogen and oxygen atoms in total. The molecule has 0 saturated carbocycles. The van der Waals surface area contributed by atoms with Crippen LogP contribution < -0.4 is 0 Å². The van der Waals surface area contributed by atoms with Crippen molar-refractivity contribution in [2.75, 3.05) is 66.0 Å². The van der Waals surface area contributed by atoms with Gasteiger partial charge in [0, 0.05) is 46.4 Å². The molecular formula is C29H63N3OSi. The molecule has 0 amide bonds. The van der Waals surface area contributed by atoms with Crippen molar-refractivity contribution in [3.05, 3.63) is 0 Å². The van der Waals surface area contributed by atoms with Gasteiger partial charge in [0.2, 0.25) is 0 Å². The third-order valence-electron chi connectivity index (χ3n) is 7.91. The van der Waals surface area contributed by atoms with E-state index in [4.69, 9.17) is 4.43 Å². The quantitative estimate of drug-likeness (QED) is 0.109. The second-order valence-electron chi connectivity index (χ2n) is 11.5. The molecule has 34 heavy (non-hydrogen) atoms. The third kappa shape index (κ3) is 17.5. The summed E-state index contributed by atoms with van der Waals surface area (Å²) in [7, 11) is 0.569. The third-order valence-corrected chi connectivity index (χ3v) is 10.6. The van der Waals surface area contributed by atoms with Crippen LogP contribution in [0.3, 0.4) is 0 Å². The first-order valence-corrected chi connectivity index (χ1v) is 18.3. The van der Waals surface area contributed by atoms with Crippen LogP contribution in [0, 0.1) is 0 Å². The lowest BCUT2D eigenvalue weighted by atomic mass is 10.1. The summed E-state index contributed by atoms with van der Waals surface area (Å²) in [5, 5.41) is 0. The molecule has 0 aromatic carbocycles. The van der Waals surface area contributed by atoms with Crippen molar-refractivity contribution < 1.29 is 4.43 Å². The number of rotatable bonds is 23. The summed E-state index contributed by atoms with van der Waals surface area (Å²) in [6.07, 6.45) is 19.5. The van der Waals surface area contributed by atoms with Gasteiger partial charge >= 0.3 is 0 Å². The van der Waals surface area contributed by atoms with Crippen molar-refractivity contribution in [3.63, 3.8) is 0 Å². The predicted octanol–water partition coefficient (Wildman–Crippen LogP) is 7.26. The van der Waals surface area contributed by atoms with E-state index in [0.29, 0.717) is 0 Å². The Morgan fingerprint density at radius 2 is 1.06 bits per heavy atom. The second kappa shape index (κ2) is 21.2. The molecule has 1 aliphatic rings. The molecule has 0 aromatic rings. The van der Waals surface area contributed by atoms with Crippen LogP contribution >= 0.6 is 0 Å². The Labute approximate surface area is 216 Å². The standard InChI is InChI=1S/C29H63N3OSi/c1-6-8-10-16-20-30(21-17-11-9-7-2)23-26-32-27-24-31(25-28-32)22-18-14-12-13-15-19-29-34(4,5)33-3/h6-29H2,1-5H3. The molecule has 0 atom stereocenters. The van der Waals surface area contributed by atoms with E-state index in [1.54, 1.807) is 0 Å². The van der Waals surface area contributed by atoms with Gasteiger partial charge in [-0.15, -0.1) is 0 Å². The van der Waals surface area contributed by atoms with E-state index in [9.17, 15) is 0 Å². The number of piperazine rings is 1. The largest absolute Gasteiger partial charge is 0.420 e. The normalized spacial score (nSPS) is 16.1. The van der Waals surface area contributed by atoms with E-state index in [1.807, 2.05) is 7.11 Å². The highest BCUT2D eigenvalue weighted by atomic mass is 28.4. The highest BCUT2D eigenvalue weighted by Gasteiger charge is 2.19. The monoisotopic (exact) mass is 497 g/mol. The summed E-state index contributed by atoms with van der Waals surface area (Å²) in [5.74, 6) is 0. The summed E-state index contributed by atoms with van der Waals surface area (Å²) >= 11 is 0. The topological polar surface area (TPSA) is 19.0 Å². The molecule has 0 spiro atoms. The molecule has 0 aromatic heterocycles. The highest BCUT2D eigenvalue weighted by Crippen LogP contribution is 2.16. The Hall–Kier alpha value is 0.0569. The number of nitrogens with zero attached hydrogens (tertiary/aromatic N) is 3. The van der Waals surface area contributed by atoms with E-state index < -0.39 is 8.32 Å². The lowest BCUT2D eigenvalue weighted by molar-refractivity contribution is 0.116. The van der Waals surface area contributed by atoms with Crippen LogP contribution in [0.15, 0.2) is 0 Å². The minimum absolute atomic E-state index is 1.28. The molecular weight excluding hydrogens is 434 g/mol. The molecule has 0 radical (unpaired) electrons. The van der Waals surface area contributed by atoms with E-state index in [0.717, 1.165) is 0 Å². The SMILES string of the molecule is CCCCCCN(CCCCCC)CCN1CCN(CCCCCCCC[Si](C)(C)OC)CC1. The highest BCUT2D eigenvalue weighted by molar-refractivity contribution is 6.71. The first-order chi connectivity index (χ1) is 16.5. The van der Waals surface area contributed by atoms with Crippen molar-refractivity contribution >= 4 is 8.32 Å². The molecule has 0 unspecified atom stereocenters. The summed E-state index contributed by atoms with van der Waals surface area (Å²) in [6, 6.07) is 1.32. The minimum Gasteiger partial charge on any atom is -0.420 e. The predicted molar refractivity (Wildman–Crippen MR) is 155 cm³/mol. The minimum atomic E-state index is -1.33. The maximum atomic E-state index is 5.66. The Morgan fingerprint density at radius 1 is 0.588 bits per heavy atom. The molecule has 5 heteroatoms. The molecule has 0 aliphatic carbocycles. The second-order valence-corrected chi connectivity index (χ2v) is 15.9. The zero-order chi connectivity index (χ0) is 24.9. The van der Waals surface area contributed by atoms with Gasteiger partial charge in [0.25, 0.3) is 0 Å². The maximum absolute atomic E-state index is 5.66. The van der Waals surface area contributed by atoms with E-state index >= 15 is 0 Å². The zero-order valence-corrected chi connectivity index (χ0v) is 25.2. The van der Waals surface area contributed by atoms with E-state index in [-0.39, 0.29) is 0 Å². The smallest absolute Gasteiger partial charge is 0.186 e. The van der Waals surface area contributed by atoms with Crippen LogP contribution in [0.2, 0.25) is 19.1 Å². The number of hydrogen-bond donors (Lipinski definition) is 0. The number of hydrogen-bond acceptors (Lipinski definition) is 4. The van der Waals surface area contributed by atoms with Gasteiger partial charge in [-0.25, -0.2) is 0 Å². The lowest BCUT2D eigenvalue weighted by Gasteiger charge is -2.36. The van der Waals surface area contributed by atoms with Gasteiger partial charge in [0.15, 0.2) is 8.32 Å². The molecule has 1 rings (SSSR count). The van der Waals surface area contributed by atoms with Crippen LogP contribution in [0.5, 0.6) is 0 Å². The average Bonchev–Trinajstić information content (AvgIpc) is 2.84. The zero-order valence-electron chi connectivity index (χ0n) is 24.2. The Bertz CT molecular complexity index is 429. The molecule has 1 saturated heterocycles. The summed E-state index contributed by atoms with van der Waals surface area (Å²) in [5.41, 5.74) is 0. The van der Waals surface area contributed by atoms with Gasteiger partial charge in [-0.05, 0) is 58.0 Å². The van der Waals surface area contributed by atoms with Crippen LogP contribution in [0.25, 0.3) is 0 Å². The van der Waals surface area contributed by atoms with Crippen LogP contribution in [-0.2, 0) is 4.43 Å². The van der Waals surface area contributed by atoms with Crippen LogP contribution in [0.1, 0.15) is 104 Å². The fourth-order valence-corrected chi connectivity index (χ4v) is 6.38. The van der Waals surface area contributed by atoms with E-state index in [2.05, 4.69) is 41.6 Å². The van der Waals surface area contributed by atoms with Gasteiger partial charge in [-0.1, -0.05) is 84.5 Å². The van der Waals surface area contributed by atoms with Crippen LogP contribution in [-0.4, -0.2) is 89.0 Å². The lowest BCUT2D eigenvalue weighted by Crippen LogP contribution is -2.48. The average molecular weight is 498 g/mol. The molecule has 0 N–H and O–H groups in total. The summed E-state index contributed by atoms with van der Waals surface area (Å²) in [6.45, 7) is 20.9. The Morgan fingerprint density at radius 3 is 1.59 bits per heavy atom. The Balaban J connectivity index is 2.09. The summed E-state index contributed by atoms with van der Waals surface area (Å²) < 4.78 is 5.66. The summed E-state index contributed by atoms with van der Waals surface area (Å²) in [4.78, 5) is 8.22. The molecule has 1 fully saturated rings. The van der Waals surface area contributed by atoms with Gasteiger partial charge in [0.1, 0.15) is 0 Å². The van der Waals surface area contributed by atoms with Crippen LogP contribution in [0.4, 0.5) is 0 Å². The molecule has 1 aliphatic heterocycles. The first-order valence-electron chi connectivity index (χ1n) is 15.2. The molecule has 204 valence electrons. The maximum Gasteiger partial charge on any atom is 0.186 e. The fraction of sp³-hybridized carbons (Fsp3) is 1.00. The van der Waals surface area contributed by atoms with Gasteiger partial charge in [-0.3, -0.25) is 4.90 Å². The van der Waals surface area contributed by atoms with Gasteiger partial charge in [-0.2, -0.15) is 0 Å². The van der Waals surface area contributed by atoms with Gasteiger partial charge < -0.3 is 14.2 Å². The van der Waals surface area contributed by atoms with Crippen molar-refractivity contribution in [1.82, 2.24) is 14.7 Å². The fourth-order valence-electron chi connectivity index (χ4n) is 5.07. The molecule has 1 heterocycles. The van der Waals surface area contributed by atoms with Crippen molar-refractivity contribution in [1.29, 1.82) is 0 Å².